The third-order valence-electron chi connectivity index (χ3n) is 2.67. The Morgan fingerprint density at radius 3 is 2.76 bits per heavy atom. The Hall–Kier alpha value is 0.250. The SMILES string of the molecule is CS(=O)(=O)C1CSCCN1C(=O)CCCCBr. The van der Waals surface area contributed by atoms with E-state index in [2.05, 4.69) is 15.9 Å². The van der Waals surface area contributed by atoms with Gasteiger partial charge in [-0.05, 0) is 12.8 Å². The first-order valence-electron chi connectivity index (χ1n) is 5.59. The quantitative estimate of drug-likeness (QED) is 0.560. The van der Waals surface area contributed by atoms with E-state index in [1.54, 1.807) is 16.7 Å². The summed E-state index contributed by atoms with van der Waals surface area (Å²) in [5.41, 5.74) is 0. The van der Waals surface area contributed by atoms with E-state index in [9.17, 15) is 13.2 Å². The van der Waals surface area contributed by atoms with E-state index in [-0.39, 0.29) is 5.91 Å². The van der Waals surface area contributed by atoms with Crippen LogP contribution < -0.4 is 0 Å². The van der Waals surface area contributed by atoms with E-state index in [4.69, 9.17) is 0 Å². The fourth-order valence-corrected chi connectivity index (χ4v) is 4.97. The number of thioether (sulfide) groups is 1. The van der Waals surface area contributed by atoms with Crippen LogP contribution in [-0.4, -0.2) is 54.2 Å². The van der Waals surface area contributed by atoms with Crippen LogP contribution in [0.15, 0.2) is 0 Å². The van der Waals surface area contributed by atoms with Crippen molar-refractivity contribution in [1.29, 1.82) is 0 Å². The molecule has 7 heteroatoms. The predicted octanol–water partition coefficient (Wildman–Crippen LogP) is 1.50. The van der Waals surface area contributed by atoms with Gasteiger partial charge in [-0.15, -0.1) is 0 Å². The maximum atomic E-state index is 12.0. The molecule has 0 aromatic carbocycles. The standard InChI is InChI=1S/C10H18BrNO3S2/c1-17(14,15)10-8-16-7-6-12(10)9(13)4-2-3-5-11/h10H,2-8H2,1H3. The molecule has 17 heavy (non-hydrogen) atoms. The molecule has 1 fully saturated rings. The summed E-state index contributed by atoms with van der Waals surface area (Å²) >= 11 is 4.91. The van der Waals surface area contributed by atoms with Gasteiger partial charge in [-0.1, -0.05) is 15.9 Å². The van der Waals surface area contributed by atoms with Crippen molar-refractivity contribution in [2.24, 2.45) is 0 Å². The van der Waals surface area contributed by atoms with Crippen LogP contribution in [-0.2, 0) is 14.6 Å². The van der Waals surface area contributed by atoms with Gasteiger partial charge in [0.1, 0.15) is 5.37 Å². The molecule has 0 spiro atoms. The van der Waals surface area contributed by atoms with Gasteiger partial charge in [-0.2, -0.15) is 11.8 Å². The van der Waals surface area contributed by atoms with Crippen LogP contribution in [0.5, 0.6) is 0 Å². The minimum Gasteiger partial charge on any atom is -0.324 e. The van der Waals surface area contributed by atoms with Gasteiger partial charge < -0.3 is 4.90 Å². The van der Waals surface area contributed by atoms with E-state index >= 15 is 0 Å². The summed E-state index contributed by atoms with van der Waals surface area (Å²) in [6, 6.07) is 0. The van der Waals surface area contributed by atoms with Gasteiger partial charge in [0.15, 0.2) is 9.84 Å². The highest BCUT2D eigenvalue weighted by atomic mass is 79.9. The lowest BCUT2D eigenvalue weighted by Crippen LogP contribution is -2.49. The zero-order chi connectivity index (χ0) is 12.9. The van der Waals surface area contributed by atoms with E-state index < -0.39 is 15.2 Å². The zero-order valence-electron chi connectivity index (χ0n) is 9.89. The molecule has 100 valence electrons. The number of unbranched alkanes of at least 4 members (excludes halogenated alkanes) is 1. The number of amides is 1. The molecule has 0 saturated carbocycles. The average Bonchev–Trinajstić information content (AvgIpc) is 2.28. The van der Waals surface area contributed by atoms with E-state index in [0.717, 1.165) is 23.9 Å². The van der Waals surface area contributed by atoms with E-state index in [1.807, 2.05) is 0 Å². The first-order chi connectivity index (χ1) is 7.96. The third kappa shape index (κ3) is 4.79. The molecule has 4 nitrogen and oxygen atoms in total. The molecule has 1 amide bonds. The lowest BCUT2D eigenvalue weighted by atomic mass is 10.2. The Bertz CT molecular complexity index is 359. The van der Waals surface area contributed by atoms with E-state index in [1.165, 1.54) is 6.26 Å². The van der Waals surface area contributed by atoms with Crippen molar-refractivity contribution in [3.63, 3.8) is 0 Å². The van der Waals surface area contributed by atoms with Crippen molar-refractivity contribution in [2.45, 2.75) is 24.6 Å². The van der Waals surface area contributed by atoms with Crippen molar-refractivity contribution in [1.82, 2.24) is 4.90 Å². The molecule has 1 rings (SSSR count). The molecule has 1 saturated heterocycles. The van der Waals surface area contributed by atoms with Crippen molar-refractivity contribution in [3.8, 4) is 0 Å². The molecular formula is C10H18BrNO3S2. The summed E-state index contributed by atoms with van der Waals surface area (Å²) in [5, 5.41) is 0.253. The molecule has 0 N–H and O–H groups in total. The second-order valence-corrected chi connectivity index (χ2v) is 8.24. The molecule has 1 aliphatic heterocycles. The highest BCUT2D eigenvalue weighted by Crippen LogP contribution is 2.21. The van der Waals surface area contributed by atoms with Crippen molar-refractivity contribution in [2.75, 3.05) is 29.6 Å². The first-order valence-corrected chi connectivity index (χ1v) is 9.82. The Balaban J connectivity index is 2.62. The Labute approximate surface area is 116 Å². The smallest absolute Gasteiger partial charge is 0.223 e. The van der Waals surface area contributed by atoms with Crippen LogP contribution in [0, 0.1) is 0 Å². The van der Waals surface area contributed by atoms with Crippen molar-refractivity contribution in [3.05, 3.63) is 0 Å². The number of nitrogens with zero attached hydrogens (tertiary/aromatic N) is 1. The number of hydrogen-bond acceptors (Lipinski definition) is 4. The second kappa shape index (κ2) is 6.99. The fraction of sp³-hybridized carbons (Fsp3) is 0.900. The number of rotatable bonds is 5. The van der Waals surface area contributed by atoms with Gasteiger partial charge in [-0.25, -0.2) is 8.42 Å². The second-order valence-electron chi connectivity index (χ2n) is 4.09. The van der Waals surface area contributed by atoms with Gasteiger partial charge in [0.25, 0.3) is 0 Å². The minimum absolute atomic E-state index is 0.0262. The molecule has 0 aromatic heterocycles. The van der Waals surface area contributed by atoms with Crippen LogP contribution in [0.25, 0.3) is 0 Å². The summed E-state index contributed by atoms with van der Waals surface area (Å²) in [6.45, 7) is 0.551. The molecule has 0 bridgehead atoms. The van der Waals surface area contributed by atoms with Gasteiger partial charge >= 0.3 is 0 Å². The predicted molar refractivity (Wildman–Crippen MR) is 75.3 cm³/mol. The van der Waals surface area contributed by atoms with E-state index in [0.29, 0.717) is 18.7 Å². The monoisotopic (exact) mass is 343 g/mol. The zero-order valence-corrected chi connectivity index (χ0v) is 13.1. The summed E-state index contributed by atoms with van der Waals surface area (Å²) in [6.07, 6.45) is 3.41. The van der Waals surface area contributed by atoms with Gasteiger partial charge in [0, 0.05) is 36.1 Å². The maximum Gasteiger partial charge on any atom is 0.223 e. The van der Waals surface area contributed by atoms with Crippen molar-refractivity contribution >= 4 is 43.4 Å². The maximum absolute atomic E-state index is 12.0. The third-order valence-corrected chi connectivity index (χ3v) is 5.88. The van der Waals surface area contributed by atoms with Crippen LogP contribution in [0.1, 0.15) is 19.3 Å². The number of hydrogen-bond donors (Lipinski definition) is 0. The van der Waals surface area contributed by atoms with Crippen LogP contribution in [0.3, 0.4) is 0 Å². The summed E-state index contributed by atoms with van der Waals surface area (Å²) in [4.78, 5) is 13.5. The largest absolute Gasteiger partial charge is 0.324 e. The Morgan fingerprint density at radius 2 is 2.18 bits per heavy atom. The fourth-order valence-electron chi connectivity index (χ4n) is 1.74. The molecule has 0 aromatic rings. The lowest BCUT2D eigenvalue weighted by Gasteiger charge is -2.34. The number of carbonyl (C=O) groups excluding carboxylic acids is 1. The number of carbonyl (C=O) groups is 1. The van der Waals surface area contributed by atoms with Crippen molar-refractivity contribution < 1.29 is 13.2 Å². The lowest BCUT2D eigenvalue weighted by molar-refractivity contribution is -0.131. The first kappa shape index (κ1) is 15.3. The summed E-state index contributed by atoms with van der Waals surface area (Å²) in [5.74, 6) is 1.31. The molecule has 1 unspecified atom stereocenters. The summed E-state index contributed by atoms with van der Waals surface area (Å²) in [7, 11) is -3.18. The normalized spacial score (nSPS) is 21.5. The molecule has 0 radical (unpaired) electrons. The molecule has 0 aliphatic carbocycles. The number of sulfone groups is 1. The number of halogens is 1. The Kier molecular flexibility index (Phi) is 6.30. The van der Waals surface area contributed by atoms with Crippen LogP contribution in [0.2, 0.25) is 0 Å². The van der Waals surface area contributed by atoms with Crippen LogP contribution in [0.4, 0.5) is 0 Å². The van der Waals surface area contributed by atoms with Crippen LogP contribution >= 0.6 is 27.7 Å². The van der Waals surface area contributed by atoms with Gasteiger partial charge in [-0.3, -0.25) is 4.79 Å². The van der Waals surface area contributed by atoms with Gasteiger partial charge in [0.05, 0.1) is 0 Å². The highest BCUT2D eigenvalue weighted by molar-refractivity contribution is 9.09. The minimum atomic E-state index is -3.18. The van der Waals surface area contributed by atoms with Gasteiger partial charge in [0.2, 0.25) is 5.91 Å². The molecular weight excluding hydrogens is 326 g/mol. The molecule has 1 heterocycles. The average molecular weight is 344 g/mol. The highest BCUT2D eigenvalue weighted by Gasteiger charge is 2.33. The molecule has 1 aliphatic rings. The number of alkyl halides is 1. The molecule has 1 atom stereocenters. The Morgan fingerprint density at radius 1 is 1.47 bits per heavy atom. The summed E-state index contributed by atoms with van der Waals surface area (Å²) < 4.78 is 23.2. The topological polar surface area (TPSA) is 54.5 Å².